The highest BCUT2D eigenvalue weighted by molar-refractivity contribution is 7.89. The topological polar surface area (TPSA) is 78.5 Å². The summed E-state index contributed by atoms with van der Waals surface area (Å²) < 4.78 is 27.8. The summed E-state index contributed by atoms with van der Waals surface area (Å²) in [6.45, 7) is 2.84. The van der Waals surface area contributed by atoms with Gasteiger partial charge in [0.1, 0.15) is 0 Å². The Morgan fingerprint density at radius 3 is 2.48 bits per heavy atom. The molecule has 2 aromatic rings. The highest BCUT2D eigenvalue weighted by Gasteiger charge is 2.33. The summed E-state index contributed by atoms with van der Waals surface area (Å²) in [5.41, 5.74) is 1.67. The van der Waals surface area contributed by atoms with Gasteiger partial charge in [-0.3, -0.25) is 0 Å². The van der Waals surface area contributed by atoms with Crippen LogP contribution in [0.25, 0.3) is 0 Å². The molecule has 0 saturated carbocycles. The number of benzene rings is 2. The predicted octanol–water partition coefficient (Wildman–Crippen LogP) is 4.40. The van der Waals surface area contributed by atoms with Gasteiger partial charge in [-0.15, -0.1) is 0 Å². The number of carbonyl (C=O) groups is 1. The molecule has 0 radical (unpaired) electrons. The summed E-state index contributed by atoms with van der Waals surface area (Å²) in [6, 6.07) is 13.4. The van der Waals surface area contributed by atoms with Crippen molar-refractivity contribution < 1.29 is 13.2 Å². The molecular formula is C21H26ClN3O3S. The monoisotopic (exact) mass is 435 g/mol. The lowest BCUT2D eigenvalue weighted by Gasteiger charge is -2.34. The zero-order valence-electron chi connectivity index (χ0n) is 16.4. The van der Waals surface area contributed by atoms with E-state index >= 15 is 0 Å². The highest BCUT2D eigenvalue weighted by atomic mass is 35.5. The molecule has 1 saturated heterocycles. The number of hydrogen-bond acceptors (Lipinski definition) is 3. The van der Waals surface area contributed by atoms with E-state index in [0.29, 0.717) is 35.1 Å². The molecule has 8 heteroatoms. The van der Waals surface area contributed by atoms with Crippen molar-refractivity contribution in [2.45, 2.75) is 43.5 Å². The first kappa shape index (κ1) is 21.6. The zero-order chi connectivity index (χ0) is 20.9. The largest absolute Gasteiger partial charge is 0.338 e. The van der Waals surface area contributed by atoms with E-state index in [1.165, 1.54) is 0 Å². The third-order valence-corrected chi connectivity index (χ3v) is 7.28. The normalized spacial score (nSPS) is 17.7. The number of hydrogen-bond donors (Lipinski definition) is 2. The molecule has 1 atom stereocenters. The fourth-order valence-electron chi connectivity index (χ4n) is 3.49. The van der Waals surface area contributed by atoms with Gasteiger partial charge in [-0.1, -0.05) is 35.7 Å². The van der Waals surface area contributed by atoms with E-state index in [2.05, 4.69) is 10.6 Å². The van der Waals surface area contributed by atoms with Crippen LogP contribution in [0.2, 0.25) is 5.02 Å². The Labute approximate surface area is 177 Å². The van der Waals surface area contributed by atoms with Gasteiger partial charge in [0.05, 0.1) is 4.90 Å². The van der Waals surface area contributed by atoms with E-state index in [0.717, 1.165) is 24.8 Å². The first-order valence-corrected chi connectivity index (χ1v) is 11.6. The molecule has 0 aliphatic carbocycles. The first-order chi connectivity index (χ1) is 13.9. The van der Waals surface area contributed by atoms with E-state index in [9.17, 15) is 13.2 Å². The van der Waals surface area contributed by atoms with Crippen molar-refractivity contribution in [1.82, 2.24) is 9.62 Å². The van der Waals surface area contributed by atoms with Gasteiger partial charge >= 0.3 is 6.03 Å². The van der Waals surface area contributed by atoms with Crippen molar-refractivity contribution in [3.05, 3.63) is 59.1 Å². The van der Waals surface area contributed by atoms with E-state index < -0.39 is 10.0 Å². The lowest BCUT2D eigenvalue weighted by Crippen LogP contribution is -2.45. The fraction of sp³-hybridized carbons (Fsp3) is 0.381. The molecule has 0 bridgehead atoms. The van der Waals surface area contributed by atoms with Crippen LogP contribution in [0.4, 0.5) is 10.5 Å². The van der Waals surface area contributed by atoms with Gasteiger partial charge in [0.2, 0.25) is 10.0 Å². The van der Waals surface area contributed by atoms with Gasteiger partial charge in [0, 0.05) is 29.8 Å². The lowest BCUT2D eigenvalue weighted by molar-refractivity contribution is 0.234. The van der Waals surface area contributed by atoms with E-state index in [-0.39, 0.29) is 12.1 Å². The van der Waals surface area contributed by atoms with Gasteiger partial charge < -0.3 is 10.6 Å². The number of rotatable bonds is 6. The first-order valence-electron chi connectivity index (χ1n) is 9.75. The van der Waals surface area contributed by atoms with Crippen LogP contribution in [0.3, 0.4) is 0 Å². The number of carbonyl (C=O) groups excluding carboxylic acids is 1. The summed E-state index contributed by atoms with van der Waals surface area (Å²) >= 11 is 5.84. The van der Waals surface area contributed by atoms with Crippen molar-refractivity contribution in [3.63, 3.8) is 0 Å². The Balaban J connectivity index is 1.57. The molecule has 1 aliphatic rings. The van der Waals surface area contributed by atoms with Crippen molar-refractivity contribution in [2.75, 3.05) is 18.4 Å². The van der Waals surface area contributed by atoms with Crippen molar-refractivity contribution in [1.29, 1.82) is 0 Å². The molecular weight excluding hydrogens is 410 g/mol. The highest BCUT2D eigenvalue weighted by Crippen LogP contribution is 2.27. The Hall–Kier alpha value is -2.09. The van der Waals surface area contributed by atoms with Crippen LogP contribution < -0.4 is 10.6 Å². The summed E-state index contributed by atoms with van der Waals surface area (Å²) in [7, 11) is -3.54. The molecule has 6 nitrogen and oxygen atoms in total. The minimum Gasteiger partial charge on any atom is -0.338 e. The minimum absolute atomic E-state index is 0.120. The molecule has 0 spiro atoms. The Bertz CT molecular complexity index is 931. The van der Waals surface area contributed by atoms with E-state index in [1.807, 2.05) is 19.1 Å². The second-order valence-electron chi connectivity index (χ2n) is 7.25. The van der Waals surface area contributed by atoms with Gasteiger partial charge in [0.15, 0.2) is 0 Å². The second-order valence-corrected chi connectivity index (χ2v) is 9.58. The average Bonchev–Trinajstić information content (AvgIpc) is 2.70. The van der Waals surface area contributed by atoms with Gasteiger partial charge in [-0.05, 0) is 62.6 Å². The van der Waals surface area contributed by atoms with Gasteiger partial charge in [-0.25, -0.2) is 13.2 Å². The fourth-order valence-corrected chi connectivity index (χ4v) is 5.33. The number of aryl methyl sites for hydroxylation is 1. The number of piperidine rings is 1. The molecule has 3 rings (SSSR count). The molecule has 0 aromatic heterocycles. The molecule has 1 heterocycles. The van der Waals surface area contributed by atoms with Crippen LogP contribution in [-0.4, -0.2) is 37.9 Å². The maximum absolute atomic E-state index is 13.1. The number of halogens is 1. The molecule has 2 amide bonds. The molecule has 1 aliphatic heterocycles. The summed E-state index contributed by atoms with van der Waals surface area (Å²) in [6.07, 6.45) is 3.21. The molecule has 1 fully saturated rings. The van der Waals surface area contributed by atoms with Crippen LogP contribution in [0.5, 0.6) is 0 Å². The third kappa shape index (κ3) is 5.72. The third-order valence-electron chi connectivity index (χ3n) is 5.07. The maximum atomic E-state index is 13.1. The number of nitrogens with zero attached hydrogens (tertiary/aromatic N) is 1. The zero-order valence-corrected chi connectivity index (χ0v) is 18.0. The van der Waals surface area contributed by atoms with Crippen molar-refractivity contribution in [3.8, 4) is 0 Å². The molecule has 29 heavy (non-hydrogen) atoms. The Morgan fingerprint density at radius 1 is 1.10 bits per heavy atom. The quantitative estimate of drug-likeness (QED) is 0.705. The van der Waals surface area contributed by atoms with Crippen molar-refractivity contribution >= 4 is 33.3 Å². The summed E-state index contributed by atoms with van der Waals surface area (Å²) in [5.74, 6) is 0. The maximum Gasteiger partial charge on any atom is 0.319 e. The van der Waals surface area contributed by atoms with Crippen LogP contribution in [0, 0.1) is 6.92 Å². The number of sulfonamides is 1. The SMILES string of the molecule is Cc1ccc(S(=O)(=O)N2CCCCC2CCNC(=O)Nc2ccc(Cl)cc2)cc1. The summed E-state index contributed by atoms with van der Waals surface area (Å²) in [4.78, 5) is 12.4. The van der Waals surface area contributed by atoms with Gasteiger partial charge in [0.25, 0.3) is 0 Å². The van der Waals surface area contributed by atoms with Crippen LogP contribution in [0.15, 0.2) is 53.4 Å². The van der Waals surface area contributed by atoms with E-state index in [4.69, 9.17) is 11.6 Å². The number of nitrogens with one attached hydrogen (secondary N) is 2. The Kier molecular flexibility index (Phi) is 7.16. The second kappa shape index (κ2) is 9.61. The summed E-state index contributed by atoms with van der Waals surface area (Å²) in [5, 5.41) is 6.15. The molecule has 2 aromatic carbocycles. The number of urea groups is 1. The Morgan fingerprint density at radius 2 is 1.79 bits per heavy atom. The molecule has 1 unspecified atom stereocenters. The van der Waals surface area contributed by atoms with Crippen molar-refractivity contribution in [2.24, 2.45) is 0 Å². The number of amides is 2. The van der Waals surface area contributed by atoms with Gasteiger partial charge in [-0.2, -0.15) is 4.31 Å². The minimum atomic E-state index is -3.54. The standard InChI is InChI=1S/C21H26ClN3O3S/c1-16-5-11-20(12-6-16)29(27,28)25-15-3-2-4-19(25)13-14-23-21(26)24-18-9-7-17(22)8-10-18/h5-12,19H,2-4,13-15H2,1H3,(H2,23,24,26). The lowest BCUT2D eigenvalue weighted by atomic mass is 10.0. The van der Waals surface area contributed by atoms with Crippen LogP contribution >= 0.6 is 11.6 Å². The number of anilines is 1. The molecule has 2 N–H and O–H groups in total. The average molecular weight is 436 g/mol. The molecule has 156 valence electrons. The van der Waals surface area contributed by atoms with E-state index in [1.54, 1.807) is 40.7 Å². The van der Waals surface area contributed by atoms with Crippen LogP contribution in [0.1, 0.15) is 31.2 Å². The predicted molar refractivity (Wildman–Crippen MR) is 116 cm³/mol. The smallest absolute Gasteiger partial charge is 0.319 e. The van der Waals surface area contributed by atoms with Crippen LogP contribution in [-0.2, 0) is 10.0 Å².